The summed E-state index contributed by atoms with van der Waals surface area (Å²) in [6.45, 7) is 0. The Balaban J connectivity index is 0.000000206. The summed E-state index contributed by atoms with van der Waals surface area (Å²) in [7, 11) is 0. The largest absolute Gasteiger partial charge is 0.508 e. The molecule has 0 spiro atoms. The van der Waals surface area contributed by atoms with Gasteiger partial charge in [-0.05, 0) is 36.4 Å². The number of fused-ring (bicyclic) bond motifs is 2. The molecule has 0 fully saturated rings. The molecular formula is C20H13ClO5. The van der Waals surface area contributed by atoms with Gasteiger partial charge in [0.25, 0.3) is 0 Å². The van der Waals surface area contributed by atoms with Crippen LogP contribution in [-0.4, -0.2) is 26.9 Å². The Labute approximate surface area is 153 Å². The number of halogens is 1. The molecule has 3 aromatic carbocycles. The van der Waals surface area contributed by atoms with Crippen LogP contribution >= 0.6 is 11.6 Å². The maximum atomic E-state index is 12.2. The van der Waals surface area contributed by atoms with Gasteiger partial charge in [-0.25, -0.2) is 0 Å². The summed E-state index contributed by atoms with van der Waals surface area (Å²) in [5.41, 5.74) is 0.559. The third kappa shape index (κ3) is 3.12. The van der Waals surface area contributed by atoms with Crippen LogP contribution in [0, 0.1) is 0 Å². The molecule has 1 aliphatic carbocycles. The lowest BCUT2D eigenvalue weighted by Gasteiger charge is -2.18. The molecule has 0 saturated heterocycles. The first-order valence-corrected chi connectivity index (χ1v) is 7.96. The maximum absolute atomic E-state index is 12.2. The van der Waals surface area contributed by atoms with E-state index >= 15 is 0 Å². The molecule has 130 valence electrons. The van der Waals surface area contributed by atoms with E-state index in [0.717, 1.165) is 0 Å². The summed E-state index contributed by atoms with van der Waals surface area (Å²) in [5.74, 6) is -1.48. The highest BCUT2D eigenvalue weighted by Gasteiger charge is 2.32. The van der Waals surface area contributed by atoms with Crippen molar-refractivity contribution in [1.29, 1.82) is 0 Å². The predicted molar refractivity (Wildman–Crippen MR) is 96.2 cm³/mol. The highest BCUT2D eigenvalue weighted by molar-refractivity contribution is 6.30. The smallest absolute Gasteiger partial charge is 0.198 e. The standard InChI is InChI=1S/C14H8O4.C6H5ClO/c15-10-6-5-9-11(14(10)18)13(17)8-4-2-1-3-7(8)12(9)16;7-5-1-3-6(8)4-2-5/h1-6,15,18H;1-4,8H. The summed E-state index contributed by atoms with van der Waals surface area (Å²) in [5, 5.41) is 28.5. The maximum Gasteiger partial charge on any atom is 0.198 e. The molecule has 6 heteroatoms. The molecule has 0 atom stereocenters. The van der Waals surface area contributed by atoms with Crippen LogP contribution in [0.15, 0.2) is 60.7 Å². The predicted octanol–water partition coefficient (Wildman–Crippen LogP) is 3.92. The molecule has 26 heavy (non-hydrogen) atoms. The van der Waals surface area contributed by atoms with Crippen molar-refractivity contribution in [3.05, 3.63) is 87.9 Å². The molecule has 4 rings (SSSR count). The zero-order chi connectivity index (χ0) is 18.8. The Bertz CT molecular complexity index is 988. The highest BCUT2D eigenvalue weighted by atomic mass is 35.5. The van der Waals surface area contributed by atoms with Crippen LogP contribution in [0.5, 0.6) is 17.2 Å². The van der Waals surface area contributed by atoms with Gasteiger partial charge < -0.3 is 15.3 Å². The minimum atomic E-state index is -0.541. The number of carbonyl (C=O) groups excluding carboxylic acids is 2. The van der Waals surface area contributed by atoms with E-state index in [1.807, 2.05) is 0 Å². The quantitative estimate of drug-likeness (QED) is 0.409. The molecule has 5 nitrogen and oxygen atoms in total. The number of phenolic OH excluding ortho intramolecular Hbond substituents is 3. The van der Waals surface area contributed by atoms with Crippen LogP contribution in [0.3, 0.4) is 0 Å². The van der Waals surface area contributed by atoms with Crippen molar-refractivity contribution in [2.24, 2.45) is 0 Å². The van der Waals surface area contributed by atoms with E-state index in [2.05, 4.69) is 0 Å². The zero-order valence-corrected chi connectivity index (χ0v) is 14.1. The number of carbonyl (C=O) groups is 2. The summed E-state index contributed by atoms with van der Waals surface area (Å²) in [4.78, 5) is 24.4. The number of hydrogen-bond donors (Lipinski definition) is 3. The number of hydrogen-bond acceptors (Lipinski definition) is 5. The number of benzene rings is 3. The van der Waals surface area contributed by atoms with Crippen LogP contribution in [-0.2, 0) is 0 Å². The molecule has 0 heterocycles. The lowest BCUT2D eigenvalue weighted by Crippen LogP contribution is -2.20. The van der Waals surface area contributed by atoms with Crippen LogP contribution in [0.4, 0.5) is 0 Å². The Hall–Kier alpha value is -3.31. The van der Waals surface area contributed by atoms with E-state index in [0.29, 0.717) is 10.6 Å². The van der Waals surface area contributed by atoms with E-state index in [1.54, 1.807) is 42.5 Å². The van der Waals surface area contributed by atoms with E-state index in [9.17, 15) is 19.8 Å². The minimum Gasteiger partial charge on any atom is -0.508 e. The second-order valence-corrected chi connectivity index (χ2v) is 5.97. The monoisotopic (exact) mass is 368 g/mol. The topological polar surface area (TPSA) is 94.8 Å². The van der Waals surface area contributed by atoms with Crippen molar-refractivity contribution in [1.82, 2.24) is 0 Å². The van der Waals surface area contributed by atoms with Gasteiger partial charge in [-0.3, -0.25) is 9.59 Å². The van der Waals surface area contributed by atoms with Crippen molar-refractivity contribution >= 4 is 23.2 Å². The molecule has 0 aliphatic heterocycles. The molecule has 0 saturated carbocycles. The van der Waals surface area contributed by atoms with Gasteiger partial charge in [0, 0.05) is 21.7 Å². The van der Waals surface area contributed by atoms with Crippen LogP contribution in [0.2, 0.25) is 5.02 Å². The number of ketones is 2. The molecule has 0 unspecified atom stereocenters. The first kappa shape index (κ1) is 17.5. The first-order chi connectivity index (χ1) is 12.4. The van der Waals surface area contributed by atoms with E-state index in [1.165, 1.54) is 18.2 Å². The van der Waals surface area contributed by atoms with Gasteiger partial charge in [0.05, 0.1) is 5.56 Å². The van der Waals surface area contributed by atoms with Crippen molar-refractivity contribution in [2.75, 3.05) is 0 Å². The Morgan fingerprint density at radius 3 is 1.81 bits per heavy atom. The summed E-state index contributed by atoms with van der Waals surface area (Å²) in [6, 6.07) is 15.3. The van der Waals surface area contributed by atoms with Crippen LogP contribution in [0.25, 0.3) is 0 Å². The van der Waals surface area contributed by atoms with Crippen LogP contribution in [0.1, 0.15) is 31.8 Å². The fourth-order valence-electron chi connectivity index (χ4n) is 2.60. The number of rotatable bonds is 0. The summed E-state index contributed by atoms with van der Waals surface area (Å²) < 4.78 is 0. The zero-order valence-electron chi connectivity index (χ0n) is 13.3. The van der Waals surface area contributed by atoms with Gasteiger partial charge in [0.2, 0.25) is 0 Å². The van der Waals surface area contributed by atoms with Crippen LogP contribution < -0.4 is 0 Å². The first-order valence-electron chi connectivity index (χ1n) is 7.58. The van der Waals surface area contributed by atoms with E-state index in [4.69, 9.17) is 16.7 Å². The second-order valence-electron chi connectivity index (χ2n) is 5.54. The van der Waals surface area contributed by atoms with Crippen molar-refractivity contribution in [2.45, 2.75) is 0 Å². The third-order valence-corrected chi connectivity index (χ3v) is 4.12. The molecule has 0 radical (unpaired) electrons. The second kappa shape index (κ2) is 6.90. The Kier molecular flexibility index (Phi) is 4.65. The normalized spacial score (nSPS) is 11.9. The lowest BCUT2D eigenvalue weighted by atomic mass is 9.83. The van der Waals surface area contributed by atoms with Gasteiger partial charge in [-0.2, -0.15) is 0 Å². The van der Waals surface area contributed by atoms with Gasteiger partial charge in [-0.1, -0.05) is 35.9 Å². The number of aromatic hydroxyl groups is 3. The van der Waals surface area contributed by atoms with Crippen molar-refractivity contribution in [3.8, 4) is 17.2 Å². The lowest BCUT2D eigenvalue weighted by molar-refractivity contribution is 0.0976. The molecule has 0 bridgehead atoms. The van der Waals surface area contributed by atoms with E-state index < -0.39 is 17.3 Å². The third-order valence-electron chi connectivity index (χ3n) is 3.87. The molecule has 3 N–H and O–H groups in total. The Morgan fingerprint density at radius 2 is 1.23 bits per heavy atom. The molecular weight excluding hydrogens is 356 g/mol. The molecule has 3 aromatic rings. The Morgan fingerprint density at radius 1 is 0.654 bits per heavy atom. The van der Waals surface area contributed by atoms with Gasteiger partial charge >= 0.3 is 0 Å². The van der Waals surface area contributed by atoms with Crippen molar-refractivity contribution in [3.63, 3.8) is 0 Å². The average molecular weight is 369 g/mol. The summed E-state index contributed by atoms with van der Waals surface area (Å²) in [6.07, 6.45) is 0. The van der Waals surface area contributed by atoms with Gasteiger partial charge in [-0.15, -0.1) is 0 Å². The van der Waals surface area contributed by atoms with Gasteiger partial charge in [0.1, 0.15) is 5.75 Å². The number of phenols is 3. The molecule has 0 amide bonds. The average Bonchev–Trinajstić information content (AvgIpc) is 2.65. The fraction of sp³-hybridized carbons (Fsp3) is 0. The summed E-state index contributed by atoms with van der Waals surface area (Å²) >= 11 is 5.50. The minimum absolute atomic E-state index is 0.119. The SMILES string of the molecule is O=C1c2ccccc2C(=O)c2c1ccc(O)c2O.Oc1ccc(Cl)cc1. The fourth-order valence-corrected chi connectivity index (χ4v) is 2.73. The molecule has 0 aromatic heterocycles. The molecule has 1 aliphatic rings. The van der Waals surface area contributed by atoms with Crippen molar-refractivity contribution < 1.29 is 24.9 Å². The highest BCUT2D eigenvalue weighted by Crippen LogP contribution is 2.37. The van der Waals surface area contributed by atoms with E-state index in [-0.39, 0.29) is 28.2 Å². The van der Waals surface area contributed by atoms with Gasteiger partial charge in [0.15, 0.2) is 23.1 Å².